The Labute approximate surface area is 87.4 Å². The second kappa shape index (κ2) is 4.54. The lowest BCUT2D eigenvalue weighted by molar-refractivity contribution is -0.141. The van der Waals surface area contributed by atoms with Gasteiger partial charge in [0, 0.05) is 13.2 Å². The first-order valence-corrected chi connectivity index (χ1v) is 4.45. The van der Waals surface area contributed by atoms with E-state index in [0.717, 1.165) is 4.90 Å². The zero-order chi connectivity index (χ0) is 11.4. The molecule has 0 unspecified atom stereocenters. The SMILES string of the molecule is C[C@@H](C(=O)O)N(C)C(=O)c1ccccn1. The largest absolute Gasteiger partial charge is 0.480 e. The molecular formula is C10H12N2O3. The van der Waals surface area contributed by atoms with Crippen LogP contribution in [0.4, 0.5) is 0 Å². The smallest absolute Gasteiger partial charge is 0.326 e. The van der Waals surface area contributed by atoms with E-state index in [1.165, 1.54) is 20.2 Å². The predicted molar refractivity (Wildman–Crippen MR) is 53.4 cm³/mol. The van der Waals surface area contributed by atoms with E-state index in [4.69, 9.17) is 5.11 Å². The summed E-state index contributed by atoms with van der Waals surface area (Å²) in [4.78, 5) is 27.4. The van der Waals surface area contributed by atoms with E-state index in [1.54, 1.807) is 18.2 Å². The molecule has 0 radical (unpaired) electrons. The number of nitrogens with zero attached hydrogens (tertiary/aromatic N) is 2. The van der Waals surface area contributed by atoms with Gasteiger partial charge in [0.25, 0.3) is 5.91 Å². The van der Waals surface area contributed by atoms with Gasteiger partial charge in [-0.25, -0.2) is 4.79 Å². The molecule has 0 aliphatic carbocycles. The van der Waals surface area contributed by atoms with Gasteiger partial charge < -0.3 is 10.0 Å². The van der Waals surface area contributed by atoms with Gasteiger partial charge in [0.1, 0.15) is 11.7 Å². The van der Waals surface area contributed by atoms with Crippen molar-refractivity contribution in [3.63, 3.8) is 0 Å². The van der Waals surface area contributed by atoms with Crippen LogP contribution in [0.2, 0.25) is 0 Å². The molecule has 0 aromatic carbocycles. The first kappa shape index (κ1) is 11.2. The van der Waals surface area contributed by atoms with Crippen molar-refractivity contribution < 1.29 is 14.7 Å². The quantitative estimate of drug-likeness (QED) is 0.790. The standard InChI is InChI=1S/C10H12N2O3/c1-7(10(14)15)12(2)9(13)8-5-3-4-6-11-8/h3-7H,1-2H3,(H,14,15)/t7-/m0/s1. The number of carbonyl (C=O) groups excluding carboxylic acids is 1. The molecule has 0 fully saturated rings. The Morgan fingerprint density at radius 3 is 2.60 bits per heavy atom. The highest BCUT2D eigenvalue weighted by Gasteiger charge is 2.23. The fraction of sp³-hybridized carbons (Fsp3) is 0.300. The summed E-state index contributed by atoms with van der Waals surface area (Å²) in [6.45, 7) is 1.45. The number of carboxylic acid groups (broad SMARTS) is 1. The molecular weight excluding hydrogens is 196 g/mol. The van der Waals surface area contributed by atoms with Gasteiger partial charge in [0.05, 0.1) is 0 Å². The van der Waals surface area contributed by atoms with Crippen molar-refractivity contribution in [2.45, 2.75) is 13.0 Å². The number of hydrogen-bond donors (Lipinski definition) is 1. The van der Waals surface area contributed by atoms with Crippen molar-refractivity contribution in [2.75, 3.05) is 7.05 Å². The van der Waals surface area contributed by atoms with E-state index in [-0.39, 0.29) is 5.69 Å². The lowest BCUT2D eigenvalue weighted by Gasteiger charge is -2.20. The highest BCUT2D eigenvalue weighted by molar-refractivity contribution is 5.94. The predicted octanol–water partition coefficient (Wildman–Crippen LogP) is 0.627. The van der Waals surface area contributed by atoms with Gasteiger partial charge in [-0.15, -0.1) is 0 Å². The molecule has 1 N–H and O–H groups in total. The zero-order valence-electron chi connectivity index (χ0n) is 8.54. The molecule has 15 heavy (non-hydrogen) atoms. The third-order valence-electron chi connectivity index (χ3n) is 2.14. The average Bonchev–Trinajstić information content (AvgIpc) is 2.27. The number of carbonyl (C=O) groups is 2. The number of carboxylic acids is 1. The molecule has 0 aliphatic rings. The van der Waals surface area contributed by atoms with Crippen LogP contribution in [0.25, 0.3) is 0 Å². The Morgan fingerprint density at radius 1 is 1.47 bits per heavy atom. The number of likely N-dealkylation sites (N-methyl/N-ethyl adjacent to an activating group) is 1. The minimum Gasteiger partial charge on any atom is -0.480 e. The van der Waals surface area contributed by atoms with Gasteiger partial charge >= 0.3 is 5.97 Å². The first-order chi connectivity index (χ1) is 7.04. The second-order valence-electron chi connectivity index (χ2n) is 3.15. The molecule has 0 spiro atoms. The van der Waals surface area contributed by atoms with Crippen LogP contribution >= 0.6 is 0 Å². The van der Waals surface area contributed by atoms with E-state index < -0.39 is 17.9 Å². The summed E-state index contributed by atoms with van der Waals surface area (Å²) in [5.74, 6) is -1.44. The summed E-state index contributed by atoms with van der Waals surface area (Å²) >= 11 is 0. The number of aliphatic carboxylic acids is 1. The summed E-state index contributed by atoms with van der Waals surface area (Å²) in [5, 5.41) is 8.73. The topological polar surface area (TPSA) is 70.5 Å². The van der Waals surface area contributed by atoms with Gasteiger partial charge in [-0.1, -0.05) is 6.07 Å². The van der Waals surface area contributed by atoms with Crippen LogP contribution in [0.3, 0.4) is 0 Å². The van der Waals surface area contributed by atoms with Crippen LogP contribution in [0.15, 0.2) is 24.4 Å². The zero-order valence-corrected chi connectivity index (χ0v) is 8.54. The summed E-state index contributed by atoms with van der Waals surface area (Å²) in [6, 6.07) is 4.06. The Balaban J connectivity index is 2.82. The molecule has 1 atom stereocenters. The molecule has 0 aliphatic heterocycles. The third kappa shape index (κ3) is 2.52. The third-order valence-corrected chi connectivity index (χ3v) is 2.14. The van der Waals surface area contributed by atoms with Gasteiger partial charge in [-0.3, -0.25) is 9.78 Å². The highest BCUT2D eigenvalue weighted by Crippen LogP contribution is 2.03. The van der Waals surface area contributed by atoms with Gasteiger partial charge in [0.2, 0.25) is 0 Å². The Bertz CT molecular complexity index is 364. The lowest BCUT2D eigenvalue weighted by atomic mass is 10.2. The molecule has 80 valence electrons. The van der Waals surface area contributed by atoms with E-state index >= 15 is 0 Å². The highest BCUT2D eigenvalue weighted by atomic mass is 16.4. The van der Waals surface area contributed by atoms with Crippen molar-refractivity contribution in [3.8, 4) is 0 Å². The van der Waals surface area contributed by atoms with Gasteiger partial charge in [0.15, 0.2) is 0 Å². The van der Waals surface area contributed by atoms with Crippen LogP contribution in [0, 0.1) is 0 Å². The Hall–Kier alpha value is -1.91. The maximum Gasteiger partial charge on any atom is 0.326 e. The summed E-state index contributed by atoms with van der Waals surface area (Å²) in [7, 11) is 1.44. The van der Waals surface area contributed by atoms with Crippen LogP contribution < -0.4 is 0 Å². The van der Waals surface area contributed by atoms with Crippen molar-refractivity contribution >= 4 is 11.9 Å². The number of hydrogen-bond acceptors (Lipinski definition) is 3. The van der Waals surface area contributed by atoms with Gasteiger partial charge in [-0.05, 0) is 19.1 Å². The molecule has 1 heterocycles. The van der Waals surface area contributed by atoms with E-state index in [2.05, 4.69) is 4.98 Å². The maximum atomic E-state index is 11.7. The number of rotatable bonds is 3. The maximum absolute atomic E-state index is 11.7. The summed E-state index contributed by atoms with van der Waals surface area (Å²) in [6.07, 6.45) is 1.49. The molecule has 1 aromatic heterocycles. The molecule has 0 saturated heterocycles. The molecule has 1 rings (SSSR count). The lowest BCUT2D eigenvalue weighted by Crippen LogP contribution is -2.40. The first-order valence-electron chi connectivity index (χ1n) is 4.45. The Morgan fingerprint density at radius 2 is 2.13 bits per heavy atom. The van der Waals surface area contributed by atoms with Crippen LogP contribution in [-0.4, -0.2) is 40.0 Å². The summed E-state index contributed by atoms with van der Waals surface area (Å²) < 4.78 is 0. The van der Waals surface area contributed by atoms with Crippen LogP contribution in [-0.2, 0) is 4.79 Å². The van der Waals surface area contributed by atoms with E-state index in [9.17, 15) is 9.59 Å². The second-order valence-corrected chi connectivity index (χ2v) is 3.15. The molecule has 1 amide bonds. The van der Waals surface area contributed by atoms with Crippen molar-refractivity contribution in [3.05, 3.63) is 30.1 Å². The number of amides is 1. The molecule has 1 aromatic rings. The minimum atomic E-state index is -1.04. The Kier molecular flexibility index (Phi) is 3.38. The van der Waals surface area contributed by atoms with Crippen molar-refractivity contribution in [1.29, 1.82) is 0 Å². The normalized spacial score (nSPS) is 11.9. The average molecular weight is 208 g/mol. The fourth-order valence-electron chi connectivity index (χ4n) is 1.01. The molecule has 0 saturated carbocycles. The van der Waals surface area contributed by atoms with Crippen molar-refractivity contribution in [1.82, 2.24) is 9.88 Å². The van der Waals surface area contributed by atoms with Crippen LogP contribution in [0.5, 0.6) is 0 Å². The van der Waals surface area contributed by atoms with E-state index in [0.29, 0.717) is 0 Å². The van der Waals surface area contributed by atoms with Crippen molar-refractivity contribution in [2.24, 2.45) is 0 Å². The van der Waals surface area contributed by atoms with E-state index in [1.807, 2.05) is 0 Å². The summed E-state index contributed by atoms with van der Waals surface area (Å²) in [5.41, 5.74) is 0.244. The van der Waals surface area contributed by atoms with Gasteiger partial charge in [-0.2, -0.15) is 0 Å². The fourth-order valence-corrected chi connectivity index (χ4v) is 1.01. The number of aromatic nitrogens is 1. The number of pyridine rings is 1. The molecule has 5 nitrogen and oxygen atoms in total. The molecule has 5 heteroatoms. The molecule has 0 bridgehead atoms. The minimum absolute atomic E-state index is 0.244. The monoisotopic (exact) mass is 208 g/mol. The van der Waals surface area contributed by atoms with Crippen LogP contribution in [0.1, 0.15) is 17.4 Å².